The van der Waals surface area contributed by atoms with Gasteiger partial charge in [0.15, 0.2) is 0 Å². The van der Waals surface area contributed by atoms with Crippen molar-refractivity contribution in [2.75, 3.05) is 24.3 Å². The molecule has 0 bridgehead atoms. The van der Waals surface area contributed by atoms with Crippen molar-refractivity contribution < 1.29 is 8.42 Å². The number of sulfone groups is 1. The quantitative estimate of drug-likeness (QED) is 0.756. The average molecular weight is 330 g/mol. The van der Waals surface area contributed by atoms with Crippen molar-refractivity contribution in [1.29, 1.82) is 0 Å². The van der Waals surface area contributed by atoms with Crippen LogP contribution in [0.4, 0.5) is 0 Å². The minimum Gasteiger partial charge on any atom is -0.309 e. The maximum Gasteiger partial charge on any atom is 0.148 e. The van der Waals surface area contributed by atoms with Gasteiger partial charge in [-0.05, 0) is 18.0 Å². The molecule has 0 aliphatic carbocycles. The van der Waals surface area contributed by atoms with Gasteiger partial charge < -0.3 is 5.32 Å². The number of nitrogens with one attached hydrogen (secondary N) is 1. The van der Waals surface area contributed by atoms with E-state index in [9.17, 15) is 8.42 Å². The second-order valence-electron chi connectivity index (χ2n) is 5.66. The van der Waals surface area contributed by atoms with Crippen molar-refractivity contribution in [2.24, 2.45) is 5.92 Å². The van der Waals surface area contributed by atoms with E-state index in [0.717, 1.165) is 6.54 Å². The molecule has 1 N–H and O–H groups in total. The highest BCUT2D eigenvalue weighted by Gasteiger charge is 2.26. The standard InChI is InChI=1S/C16H27NO2S2/c1-5-17-15(14-9-7-6-8-10-14)16(13(2)3)20-11-12-21(4,18)19/h6-10,13,15-17H,5,11-12H2,1-4H3. The van der Waals surface area contributed by atoms with Crippen molar-refractivity contribution in [3.05, 3.63) is 35.9 Å². The molecule has 0 radical (unpaired) electrons. The number of hydrogen-bond donors (Lipinski definition) is 1. The van der Waals surface area contributed by atoms with Gasteiger partial charge in [-0.1, -0.05) is 51.1 Å². The number of hydrogen-bond acceptors (Lipinski definition) is 4. The molecule has 0 aliphatic heterocycles. The first-order chi connectivity index (χ1) is 9.85. The average Bonchev–Trinajstić information content (AvgIpc) is 2.41. The molecule has 1 rings (SSSR count). The van der Waals surface area contributed by atoms with Crippen LogP contribution in [0.2, 0.25) is 0 Å². The van der Waals surface area contributed by atoms with E-state index >= 15 is 0 Å². The summed E-state index contributed by atoms with van der Waals surface area (Å²) in [4.78, 5) is 0. The van der Waals surface area contributed by atoms with Crippen LogP contribution in [0.25, 0.3) is 0 Å². The Bertz CT molecular complexity index is 500. The Morgan fingerprint density at radius 1 is 1.19 bits per heavy atom. The maximum absolute atomic E-state index is 11.3. The van der Waals surface area contributed by atoms with Crippen molar-refractivity contribution in [3.63, 3.8) is 0 Å². The molecule has 0 fully saturated rings. The molecule has 0 heterocycles. The van der Waals surface area contributed by atoms with E-state index in [2.05, 4.69) is 50.4 Å². The van der Waals surface area contributed by atoms with Crippen LogP contribution in [-0.4, -0.2) is 38.0 Å². The molecule has 21 heavy (non-hydrogen) atoms. The van der Waals surface area contributed by atoms with Gasteiger partial charge in [0.25, 0.3) is 0 Å². The molecule has 1 aromatic carbocycles. The van der Waals surface area contributed by atoms with Crippen LogP contribution in [0.5, 0.6) is 0 Å². The highest BCUT2D eigenvalue weighted by atomic mass is 32.2. The normalized spacial score (nSPS) is 15.1. The highest BCUT2D eigenvalue weighted by Crippen LogP contribution is 2.32. The molecule has 5 heteroatoms. The lowest BCUT2D eigenvalue weighted by atomic mass is 9.96. The fourth-order valence-corrected chi connectivity index (χ4v) is 5.01. The Balaban J connectivity index is 2.83. The third-order valence-electron chi connectivity index (χ3n) is 3.33. The van der Waals surface area contributed by atoms with Crippen molar-refractivity contribution in [1.82, 2.24) is 5.32 Å². The van der Waals surface area contributed by atoms with Crippen molar-refractivity contribution in [2.45, 2.75) is 32.1 Å². The van der Waals surface area contributed by atoms with Gasteiger partial charge in [0.1, 0.15) is 9.84 Å². The lowest BCUT2D eigenvalue weighted by molar-refractivity contribution is 0.453. The third-order valence-corrected chi connectivity index (χ3v) is 6.18. The van der Waals surface area contributed by atoms with Gasteiger partial charge >= 0.3 is 0 Å². The summed E-state index contributed by atoms with van der Waals surface area (Å²) in [5.74, 6) is 1.36. The third kappa shape index (κ3) is 6.85. The predicted octanol–water partition coefficient (Wildman–Crippen LogP) is 3.14. The summed E-state index contributed by atoms with van der Waals surface area (Å²) in [6.45, 7) is 7.40. The summed E-state index contributed by atoms with van der Waals surface area (Å²) in [5.41, 5.74) is 1.27. The van der Waals surface area contributed by atoms with Gasteiger partial charge in [0.05, 0.1) is 5.75 Å². The fourth-order valence-electron chi connectivity index (χ4n) is 2.31. The van der Waals surface area contributed by atoms with Gasteiger partial charge in [0.2, 0.25) is 0 Å². The van der Waals surface area contributed by atoms with Gasteiger partial charge in [-0.3, -0.25) is 0 Å². The molecule has 120 valence electrons. The zero-order chi connectivity index (χ0) is 15.9. The summed E-state index contributed by atoms with van der Waals surface area (Å²) in [6, 6.07) is 10.7. The monoisotopic (exact) mass is 329 g/mol. The molecule has 0 aromatic heterocycles. The molecular weight excluding hydrogens is 302 g/mol. The van der Waals surface area contributed by atoms with Crippen LogP contribution >= 0.6 is 11.8 Å². The van der Waals surface area contributed by atoms with Gasteiger partial charge in [-0.2, -0.15) is 11.8 Å². The first-order valence-corrected chi connectivity index (χ1v) is 10.5. The SMILES string of the molecule is CCNC(c1ccccc1)C(SCCS(C)(=O)=O)C(C)C. The van der Waals surface area contributed by atoms with Crippen molar-refractivity contribution >= 4 is 21.6 Å². The summed E-state index contributed by atoms with van der Waals surface area (Å²) in [5, 5.41) is 3.91. The summed E-state index contributed by atoms with van der Waals surface area (Å²) < 4.78 is 22.6. The molecule has 2 unspecified atom stereocenters. The van der Waals surface area contributed by atoms with E-state index < -0.39 is 9.84 Å². The smallest absolute Gasteiger partial charge is 0.148 e. The van der Waals surface area contributed by atoms with Gasteiger partial charge in [0, 0.05) is 23.3 Å². The second kappa shape index (κ2) is 8.81. The molecule has 0 spiro atoms. The Kier molecular flexibility index (Phi) is 7.77. The van der Waals surface area contributed by atoms with E-state index in [-0.39, 0.29) is 11.8 Å². The molecule has 0 aliphatic rings. The lowest BCUT2D eigenvalue weighted by Gasteiger charge is -2.31. The van der Waals surface area contributed by atoms with E-state index in [1.165, 1.54) is 11.8 Å². The topological polar surface area (TPSA) is 46.2 Å². The van der Waals surface area contributed by atoms with Crippen LogP contribution in [0.1, 0.15) is 32.4 Å². The first kappa shape index (κ1) is 18.5. The maximum atomic E-state index is 11.3. The Morgan fingerprint density at radius 3 is 2.29 bits per heavy atom. The fraction of sp³-hybridized carbons (Fsp3) is 0.625. The van der Waals surface area contributed by atoms with Crippen LogP contribution in [0.3, 0.4) is 0 Å². The van der Waals surface area contributed by atoms with Crippen LogP contribution < -0.4 is 5.32 Å². The number of benzene rings is 1. The molecule has 1 aromatic rings. The zero-order valence-corrected chi connectivity index (χ0v) is 15.0. The van der Waals surface area contributed by atoms with E-state index in [4.69, 9.17) is 0 Å². The lowest BCUT2D eigenvalue weighted by Crippen LogP contribution is -2.34. The van der Waals surface area contributed by atoms with Gasteiger partial charge in [-0.15, -0.1) is 0 Å². The van der Waals surface area contributed by atoms with Gasteiger partial charge in [-0.25, -0.2) is 8.42 Å². The number of thioether (sulfide) groups is 1. The second-order valence-corrected chi connectivity index (χ2v) is 9.20. The predicted molar refractivity (Wildman–Crippen MR) is 93.7 cm³/mol. The summed E-state index contributed by atoms with van der Waals surface area (Å²) >= 11 is 1.76. The Morgan fingerprint density at radius 2 is 1.81 bits per heavy atom. The summed E-state index contributed by atoms with van der Waals surface area (Å²) in [7, 11) is -2.89. The minimum atomic E-state index is -2.89. The van der Waals surface area contributed by atoms with Crippen LogP contribution in [-0.2, 0) is 9.84 Å². The highest BCUT2D eigenvalue weighted by molar-refractivity contribution is 8.01. The van der Waals surface area contributed by atoms with Crippen molar-refractivity contribution in [3.8, 4) is 0 Å². The molecule has 0 saturated carbocycles. The largest absolute Gasteiger partial charge is 0.309 e. The summed E-state index contributed by atoms with van der Waals surface area (Å²) in [6.07, 6.45) is 1.30. The first-order valence-electron chi connectivity index (χ1n) is 7.42. The van der Waals surface area contributed by atoms with E-state index in [1.807, 2.05) is 6.07 Å². The molecular formula is C16H27NO2S2. The van der Waals surface area contributed by atoms with E-state index in [0.29, 0.717) is 16.9 Å². The Labute approximate surface area is 133 Å². The molecule has 2 atom stereocenters. The van der Waals surface area contributed by atoms with Crippen LogP contribution in [0, 0.1) is 5.92 Å². The van der Waals surface area contributed by atoms with Crippen LogP contribution in [0.15, 0.2) is 30.3 Å². The molecule has 3 nitrogen and oxygen atoms in total. The Hall–Kier alpha value is -0.520. The zero-order valence-electron chi connectivity index (χ0n) is 13.4. The number of rotatable bonds is 9. The molecule has 0 saturated heterocycles. The van der Waals surface area contributed by atoms with E-state index in [1.54, 1.807) is 11.8 Å². The minimum absolute atomic E-state index is 0.245. The molecule has 0 amide bonds.